The largest absolute Gasteiger partial charge is 0.478 e. The van der Waals surface area contributed by atoms with Crippen LogP contribution in [-0.2, 0) is 4.74 Å². The van der Waals surface area contributed by atoms with Crippen LogP contribution in [0.25, 0.3) is 0 Å². The number of hydrogen-bond donors (Lipinski definition) is 1. The van der Waals surface area contributed by atoms with Gasteiger partial charge in [-0.15, -0.1) is 0 Å². The molecule has 0 unspecified atom stereocenters. The molecule has 0 saturated carbocycles. The number of rotatable bonds is 3. The quantitative estimate of drug-likeness (QED) is 0.900. The van der Waals surface area contributed by atoms with Crippen molar-refractivity contribution in [2.45, 2.75) is 6.92 Å². The van der Waals surface area contributed by atoms with Crippen LogP contribution in [0.2, 0.25) is 0 Å². The maximum absolute atomic E-state index is 11.7. The molecule has 1 aromatic rings. The van der Waals surface area contributed by atoms with Crippen LogP contribution in [-0.4, -0.2) is 54.9 Å². The molecule has 114 valence electrons. The standard InChI is InChI=1S/C14H17BrN2O4/c1-2-21-14(20)17-7-5-16(6-8-17)12-9-10(15)3-4-11(12)13(18)19/h3-4,9H,2,5-8H2,1H3,(H,18,19). The Morgan fingerprint density at radius 3 is 2.52 bits per heavy atom. The van der Waals surface area contributed by atoms with Gasteiger partial charge >= 0.3 is 12.1 Å². The number of piperazine rings is 1. The van der Waals surface area contributed by atoms with Crippen LogP contribution in [0.5, 0.6) is 0 Å². The number of carbonyl (C=O) groups excluding carboxylic acids is 1. The molecule has 0 aromatic heterocycles. The smallest absolute Gasteiger partial charge is 0.409 e. The number of halogens is 1. The van der Waals surface area contributed by atoms with Crippen molar-refractivity contribution in [1.29, 1.82) is 0 Å². The lowest BCUT2D eigenvalue weighted by Crippen LogP contribution is -2.49. The predicted octanol–water partition coefficient (Wildman–Crippen LogP) is 2.43. The molecule has 1 heterocycles. The molecule has 1 aromatic carbocycles. The molecule has 0 spiro atoms. The van der Waals surface area contributed by atoms with Crippen molar-refractivity contribution in [1.82, 2.24) is 4.90 Å². The average molecular weight is 357 g/mol. The Morgan fingerprint density at radius 2 is 1.95 bits per heavy atom. The minimum absolute atomic E-state index is 0.266. The first-order valence-electron chi connectivity index (χ1n) is 6.72. The van der Waals surface area contributed by atoms with Crippen molar-refractivity contribution >= 4 is 33.7 Å². The van der Waals surface area contributed by atoms with Gasteiger partial charge in [0, 0.05) is 30.7 Å². The van der Waals surface area contributed by atoms with E-state index in [0.29, 0.717) is 38.5 Å². The highest BCUT2D eigenvalue weighted by Crippen LogP contribution is 2.26. The van der Waals surface area contributed by atoms with Crippen LogP contribution in [0.1, 0.15) is 17.3 Å². The molecule has 0 bridgehead atoms. The second-order valence-corrected chi connectivity index (χ2v) is 5.56. The van der Waals surface area contributed by atoms with Crippen molar-refractivity contribution < 1.29 is 19.4 Å². The Morgan fingerprint density at radius 1 is 1.29 bits per heavy atom. The molecule has 2 rings (SSSR count). The first-order chi connectivity index (χ1) is 10.0. The highest BCUT2D eigenvalue weighted by molar-refractivity contribution is 9.10. The third kappa shape index (κ3) is 3.66. The summed E-state index contributed by atoms with van der Waals surface area (Å²) in [6.45, 7) is 4.32. The number of carboxylic acids is 1. The molecule has 1 aliphatic rings. The van der Waals surface area contributed by atoms with Crippen LogP contribution < -0.4 is 4.90 Å². The van der Waals surface area contributed by atoms with Gasteiger partial charge in [-0.05, 0) is 25.1 Å². The van der Waals surface area contributed by atoms with E-state index in [0.717, 1.165) is 4.47 Å². The molecule has 0 radical (unpaired) electrons. The fourth-order valence-corrected chi connectivity index (χ4v) is 2.64. The van der Waals surface area contributed by atoms with Crippen molar-refractivity contribution in [3.8, 4) is 0 Å². The number of ether oxygens (including phenoxy) is 1. The fraction of sp³-hybridized carbons (Fsp3) is 0.429. The molecule has 1 fully saturated rings. The van der Waals surface area contributed by atoms with Crippen LogP contribution >= 0.6 is 15.9 Å². The number of carboxylic acid groups (broad SMARTS) is 1. The topological polar surface area (TPSA) is 70.1 Å². The average Bonchev–Trinajstić information content (AvgIpc) is 2.47. The molecule has 6 nitrogen and oxygen atoms in total. The highest BCUT2D eigenvalue weighted by atomic mass is 79.9. The van der Waals surface area contributed by atoms with Gasteiger partial charge in [0.05, 0.1) is 17.9 Å². The Bertz CT molecular complexity index is 542. The molecule has 1 aliphatic heterocycles. The molecular weight excluding hydrogens is 340 g/mol. The van der Waals surface area contributed by atoms with E-state index in [1.165, 1.54) is 0 Å². The van der Waals surface area contributed by atoms with Crippen LogP contribution in [0, 0.1) is 0 Å². The van der Waals surface area contributed by atoms with Crippen molar-refractivity contribution in [2.75, 3.05) is 37.7 Å². The number of nitrogens with zero attached hydrogens (tertiary/aromatic N) is 2. The van der Waals surface area contributed by atoms with Gasteiger partial charge in [0.25, 0.3) is 0 Å². The van der Waals surface area contributed by atoms with E-state index in [2.05, 4.69) is 15.9 Å². The fourth-order valence-electron chi connectivity index (χ4n) is 2.29. The van der Waals surface area contributed by atoms with E-state index in [1.54, 1.807) is 30.0 Å². The summed E-state index contributed by atoms with van der Waals surface area (Å²) in [5.41, 5.74) is 0.933. The van der Waals surface area contributed by atoms with Crippen LogP contribution in [0.4, 0.5) is 10.5 Å². The molecule has 0 aliphatic carbocycles. The summed E-state index contributed by atoms with van der Waals surface area (Å²) < 4.78 is 5.80. The number of aromatic carboxylic acids is 1. The molecule has 7 heteroatoms. The maximum Gasteiger partial charge on any atom is 0.409 e. The highest BCUT2D eigenvalue weighted by Gasteiger charge is 2.24. The number of benzene rings is 1. The lowest BCUT2D eigenvalue weighted by atomic mass is 10.1. The van der Waals surface area contributed by atoms with Crippen molar-refractivity contribution in [2.24, 2.45) is 0 Å². The number of carbonyl (C=O) groups is 2. The first-order valence-corrected chi connectivity index (χ1v) is 7.51. The number of hydrogen-bond acceptors (Lipinski definition) is 4. The van der Waals surface area contributed by atoms with Gasteiger partial charge in [-0.3, -0.25) is 0 Å². The third-order valence-electron chi connectivity index (χ3n) is 3.34. The van der Waals surface area contributed by atoms with E-state index in [-0.39, 0.29) is 11.7 Å². The Kier molecular flexibility index (Phi) is 5.06. The minimum atomic E-state index is -0.953. The zero-order valence-corrected chi connectivity index (χ0v) is 13.3. The van der Waals surface area contributed by atoms with E-state index in [9.17, 15) is 14.7 Å². The molecule has 1 N–H and O–H groups in total. The van der Waals surface area contributed by atoms with Gasteiger partial charge in [0.15, 0.2) is 0 Å². The minimum Gasteiger partial charge on any atom is -0.478 e. The summed E-state index contributed by atoms with van der Waals surface area (Å²) in [5, 5.41) is 9.27. The molecule has 1 amide bonds. The third-order valence-corrected chi connectivity index (χ3v) is 3.83. The van der Waals surface area contributed by atoms with Gasteiger partial charge in [-0.25, -0.2) is 9.59 Å². The normalized spacial score (nSPS) is 15.0. The van der Waals surface area contributed by atoms with E-state index in [4.69, 9.17) is 4.74 Å². The summed E-state index contributed by atoms with van der Waals surface area (Å²) in [4.78, 5) is 26.6. The van der Waals surface area contributed by atoms with Gasteiger partial charge in [-0.1, -0.05) is 15.9 Å². The lowest BCUT2D eigenvalue weighted by Gasteiger charge is -2.36. The molecule has 0 atom stereocenters. The summed E-state index contributed by atoms with van der Waals surface area (Å²) in [7, 11) is 0. The van der Waals surface area contributed by atoms with Gasteiger partial charge < -0.3 is 19.6 Å². The van der Waals surface area contributed by atoms with Crippen LogP contribution in [0.15, 0.2) is 22.7 Å². The summed E-state index contributed by atoms with van der Waals surface area (Å²) in [6, 6.07) is 5.09. The van der Waals surface area contributed by atoms with E-state index >= 15 is 0 Å². The second kappa shape index (κ2) is 6.80. The van der Waals surface area contributed by atoms with Gasteiger partial charge in [0.2, 0.25) is 0 Å². The first kappa shape index (κ1) is 15.6. The Labute approximate surface area is 131 Å². The maximum atomic E-state index is 11.7. The molecule has 21 heavy (non-hydrogen) atoms. The molecular formula is C14H17BrN2O4. The Balaban J connectivity index is 2.10. The Hall–Kier alpha value is -1.76. The van der Waals surface area contributed by atoms with Crippen molar-refractivity contribution in [3.05, 3.63) is 28.2 Å². The van der Waals surface area contributed by atoms with E-state index < -0.39 is 5.97 Å². The van der Waals surface area contributed by atoms with Gasteiger partial charge in [-0.2, -0.15) is 0 Å². The second-order valence-electron chi connectivity index (χ2n) is 4.64. The van der Waals surface area contributed by atoms with Crippen molar-refractivity contribution in [3.63, 3.8) is 0 Å². The van der Waals surface area contributed by atoms with Crippen LogP contribution in [0.3, 0.4) is 0 Å². The lowest BCUT2D eigenvalue weighted by molar-refractivity contribution is 0.0696. The SMILES string of the molecule is CCOC(=O)N1CCN(c2cc(Br)ccc2C(=O)O)CC1. The van der Waals surface area contributed by atoms with Gasteiger partial charge in [0.1, 0.15) is 0 Å². The number of amides is 1. The molecule has 1 saturated heterocycles. The monoisotopic (exact) mass is 356 g/mol. The zero-order chi connectivity index (χ0) is 15.4. The van der Waals surface area contributed by atoms with E-state index in [1.807, 2.05) is 4.90 Å². The summed E-state index contributed by atoms with van der Waals surface area (Å²) >= 11 is 3.36. The number of anilines is 1. The predicted molar refractivity (Wildman–Crippen MR) is 81.9 cm³/mol. The summed E-state index contributed by atoms with van der Waals surface area (Å²) in [5.74, 6) is -0.953. The summed E-state index contributed by atoms with van der Waals surface area (Å²) in [6.07, 6.45) is -0.315. The zero-order valence-electron chi connectivity index (χ0n) is 11.7.